The van der Waals surface area contributed by atoms with Gasteiger partial charge in [0.2, 0.25) is 0 Å². The zero-order valence-corrected chi connectivity index (χ0v) is 11.1. The molecule has 0 amide bonds. The molecule has 92 valence electrons. The smallest absolute Gasteiger partial charge is 0.134 e. The quantitative estimate of drug-likeness (QED) is 0.872. The van der Waals surface area contributed by atoms with Crippen molar-refractivity contribution in [1.82, 2.24) is 5.32 Å². The first-order chi connectivity index (χ1) is 7.96. The number of rotatable bonds is 3. The van der Waals surface area contributed by atoms with Gasteiger partial charge in [-0.1, -0.05) is 11.6 Å². The van der Waals surface area contributed by atoms with Crippen LogP contribution in [0.5, 0.6) is 0 Å². The van der Waals surface area contributed by atoms with E-state index < -0.39 is 0 Å². The number of nitrogens with one attached hydrogen (secondary N) is 1. The van der Waals surface area contributed by atoms with Crippen LogP contribution in [0, 0.1) is 6.92 Å². The fourth-order valence-electron chi connectivity index (χ4n) is 1.96. The second kappa shape index (κ2) is 4.53. The van der Waals surface area contributed by atoms with Crippen LogP contribution < -0.4 is 5.32 Å². The molecule has 2 rings (SSSR count). The second-order valence-corrected chi connectivity index (χ2v) is 5.69. The molecule has 0 fully saturated rings. The van der Waals surface area contributed by atoms with Gasteiger partial charge in [0.05, 0.1) is 6.26 Å². The number of hydrogen-bond acceptors (Lipinski definition) is 2. The summed E-state index contributed by atoms with van der Waals surface area (Å²) in [5.41, 5.74) is 3.74. The lowest BCUT2D eigenvalue weighted by atomic mass is 10.1. The zero-order valence-electron chi connectivity index (χ0n) is 11.1. The molecule has 1 heterocycles. The lowest BCUT2D eigenvalue weighted by Crippen LogP contribution is -2.37. The van der Waals surface area contributed by atoms with Gasteiger partial charge in [0.25, 0.3) is 0 Å². The number of benzene rings is 1. The van der Waals surface area contributed by atoms with Crippen molar-refractivity contribution in [3.05, 3.63) is 35.6 Å². The van der Waals surface area contributed by atoms with Crippen LogP contribution >= 0.6 is 0 Å². The first kappa shape index (κ1) is 12.2. The third-order valence-electron chi connectivity index (χ3n) is 2.86. The lowest BCUT2D eigenvalue weighted by molar-refractivity contribution is 0.429. The Labute approximate surface area is 103 Å². The summed E-state index contributed by atoms with van der Waals surface area (Å²) in [6.07, 6.45) is 2.89. The number of fused-ring (bicyclic) bond motifs is 1. The van der Waals surface area contributed by atoms with Gasteiger partial charge in [0.15, 0.2) is 0 Å². The van der Waals surface area contributed by atoms with E-state index in [1.165, 1.54) is 16.5 Å². The number of furan rings is 1. The van der Waals surface area contributed by atoms with Crippen molar-refractivity contribution in [3.8, 4) is 0 Å². The normalized spacial score (nSPS) is 12.2. The Morgan fingerprint density at radius 3 is 2.71 bits per heavy atom. The van der Waals surface area contributed by atoms with Crippen molar-refractivity contribution in [1.29, 1.82) is 0 Å². The Hall–Kier alpha value is -1.28. The molecule has 0 aliphatic rings. The van der Waals surface area contributed by atoms with Crippen LogP contribution in [-0.4, -0.2) is 12.1 Å². The Morgan fingerprint density at radius 1 is 1.24 bits per heavy atom. The van der Waals surface area contributed by atoms with Gasteiger partial charge in [-0.3, -0.25) is 0 Å². The molecule has 17 heavy (non-hydrogen) atoms. The highest BCUT2D eigenvalue weighted by atomic mass is 16.3. The van der Waals surface area contributed by atoms with E-state index in [9.17, 15) is 0 Å². The molecular weight excluding hydrogens is 210 g/mol. The molecule has 0 unspecified atom stereocenters. The van der Waals surface area contributed by atoms with Gasteiger partial charge in [-0.2, -0.15) is 0 Å². The van der Waals surface area contributed by atoms with Gasteiger partial charge in [-0.25, -0.2) is 0 Å². The largest absolute Gasteiger partial charge is 0.464 e. The summed E-state index contributed by atoms with van der Waals surface area (Å²) in [6.45, 7) is 9.65. The van der Waals surface area contributed by atoms with Crippen LogP contribution in [0.2, 0.25) is 0 Å². The highest BCUT2D eigenvalue weighted by Gasteiger charge is 2.10. The van der Waals surface area contributed by atoms with Crippen LogP contribution in [0.3, 0.4) is 0 Å². The van der Waals surface area contributed by atoms with Gasteiger partial charge in [0.1, 0.15) is 5.58 Å². The molecule has 0 bridgehead atoms. The molecule has 2 nitrogen and oxygen atoms in total. The van der Waals surface area contributed by atoms with Crippen molar-refractivity contribution in [2.24, 2.45) is 0 Å². The molecule has 0 aliphatic carbocycles. The maximum absolute atomic E-state index is 5.56. The molecule has 0 spiro atoms. The van der Waals surface area contributed by atoms with E-state index in [-0.39, 0.29) is 5.54 Å². The van der Waals surface area contributed by atoms with Gasteiger partial charge >= 0.3 is 0 Å². The standard InChI is InChI=1S/C15H21NO/c1-11-5-6-14-13(9-11)12(10-17-14)7-8-16-15(2,3)4/h5-6,9-10,16H,7-8H2,1-4H3. The topological polar surface area (TPSA) is 25.2 Å². The van der Waals surface area contributed by atoms with Gasteiger partial charge in [-0.15, -0.1) is 0 Å². The summed E-state index contributed by atoms with van der Waals surface area (Å²) in [7, 11) is 0. The molecule has 0 saturated heterocycles. The zero-order chi connectivity index (χ0) is 12.5. The fraction of sp³-hybridized carbons (Fsp3) is 0.467. The third kappa shape index (κ3) is 3.10. The molecular formula is C15H21NO. The Morgan fingerprint density at radius 2 is 2.00 bits per heavy atom. The highest BCUT2D eigenvalue weighted by molar-refractivity contribution is 5.81. The number of hydrogen-bond donors (Lipinski definition) is 1. The minimum absolute atomic E-state index is 0.176. The minimum Gasteiger partial charge on any atom is -0.464 e. The molecule has 2 heteroatoms. The minimum atomic E-state index is 0.176. The van der Waals surface area contributed by atoms with Crippen LogP contribution in [0.4, 0.5) is 0 Å². The van der Waals surface area contributed by atoms with Crippen molar-refractivity contribution in [3.63, 3.8) is 0 Å². The van der Waals surface area contributed by atoms with E-state index in [0.717, 1.165) is 18.5 Å². The Kier molecular flexibility index (Phi) is 3.25. The highest BCUT2D eigenvalue weighted by Crippen LogP contribution is 2.22. The van der Waals surface area contributed by atoms with Crippen LogP contribution in [0.15, 0.2) is 28.9 Å². The van der Waals surface area contributed by atoms with Crippen LogP contribution in [0.1, 0.15) is 31.9 Å². The average Bonchev–Trinajstić information content (AvgIpc) is 2.59. The maximum atomic E-state index is 5.56. The summed E-state index contributed by atoms with van der Waals surface area (Å²) in [4.78, 5) is 0. The van der Waals surface area contributed by atoms with Crippen molar-refractivity contribution >= 4 is 11.0 Å². The predicted octanol–water partition coefficient (Wildman–Crippen LogP) is 3.67. The molecule has 2 aromatic rings. The molecule has 0 atom stereocenters. The summed E-state index contributed by atoms with van der Waals surface area (Å²) >= 11 is 0. The van der Waals surface area contributed by atoms with Gasteiger partial charge in [-0.05, 0) is 58.4 Å². The Bertz CT molecular complexity index is 505. The SMILES string of the molecule is Cc1ccc2occ(CCNC(C)(C)C)c2c1. The van der Waals surface area contributed by atoms with Gasteiger partial charge in [0, 0.05) is 10.9 Å². The first-order valence-electron chi connectivity index (χ1n) is 6.17. The fourth-order valence-corrected chi connectivity index (χ4v) is 1.96. The van der Waals surface area contributed by atoms with Crippen molar-refractivity contribution in [2.75, 3.05) is 6.54 Å². The van der Waals surface area contributed by atoms with E-state index >= 15 is 0 Å². The van der Waals surface area contributed by atoms with E-state index in [4.69, 9.17) is 4.42 Å². The van der Waals surface area contributed by atoms with E-state index in [1.807, 2.05) is 12.3 Å². The molecule has 0 aliphatic heterocycles. The summed E-state index contributed by atoms with van der Waals surface area (Å²) < 4.78 is 5.56. The van der Waals surface area contributed by atoms with E-state index in [0.29, 0.717) is 0 Å². The maximum Gasteiger partial charge on any atom is 0.134 e. The monoisotopic (exact) mass is 231 g/mol. The third-order valence-corrected chi connectivity index (χ3v) is 2.86. The van der Waals surface area contributed by atoms with Crippen LogP contribution in [-0.2, 0) is 6.42 Å². The van der Waals surface area contributed by atoms with E-state index in [1.54, 1.807) is 0 Å². The lowest BCUT2D eigenvalue weighted by Gasteiger charge is -2.20. The molecule has 1 aromatic heterocycles. The average molecular weight is 231 g/mol. The summed E-state index contributed by atoms with van der Waals surface area (Å²) in [5, 5.41) is 4.75. The molecule has 0 saturated carbocycles. The first-order valence-corrected chi connectivity index (χ1v) is 6.17. The summed E-state index contributed by atoms with van der Waals surface area (Å²) in [6, 6.07) is 6.33. The van der Waals surface area contributed by atoms with Gasteiger partial charge < -0.3 is 9.73 Å². The molecule has 1 aromatic carbocycles. The van der Waals surface area contributed by atoms with Crippen molar-refractivity contribution in [2.45, 2.75) is 39.7 Å². The molecule has 1 N–H and O–H groups in total. The number of aryl methyl sites for hydroxylation is 1. The van der Waals surface area contributed by atoms with Crippen LogP contribution in [0.25, 0.3) is 11.0 Å². The molecule has 0 radical (unpaired) electrons. The van der Waals surface area contributed by atoms with Crippen molar-refractivity contribution < 1.29 is 4.42 Å². The summed E-state index contributed by atoms with van der Waals surface area (Å²) in [5.74, 6) is 0. The van der Waals surface area contributed by atoms with E-state index in [2.05, 4.69) is 45.1 Å². The predicted molar refractivity (Wildman–Crippen MR) is 72.4 cm³/mol. The Balaban J connectivity index is 2.11. The second-order valence-electron chi connectivity index (χ2n) is 5.69.